The van der Waals surface area contributed by atoms with Gasteiger partial charge in [0.2, 0.25) is 0 Å². The molecule has 2 aliphatic carbocycles. The smallest absolute Gasteiger partial charge is 0.167 e. The lowest BCUT2D eigenvalue weighted by Crippen LogP contribution is -2.62. The molecule has 4 unspecified atom stereocenters. The van der Waals surface area contributed by atoms with Gasteiger partial charge in [-0.3, -0.25) is 4.79 Å². The van der Waals surface area contributed by atoms with Crippen LogP contribution in [0.15, 0.2) is 0 Å². The first-order chi connectivity index (χ1) is 12.7. The number of ketones is 1. The summed E-state index contributed by atoms with van der Waals surface area (Å²) in [5.41, 5.74) is -0.0690. The Balaban J connectivity index is 2.06. The molecular weight excluding hydrogens is 348 g/mol. The molecule has 6 nitrogen and oxygen atoms in total. The third-order valence-corrected chi connectivity index (χ3v) is 7.25. The van der Waals surface area contributed by atoms with Crippen molar-refractivity contribution in [3.8, 4) is 17.2 Å². The van der Waals surface area contributed by atoms with Gasteiger partial charge in [0, 0.05) is 28.4 Å². The molecule has 1 aliphatic heterocycles. The molecule has 4 rings (SSSR count). The van der Waals surface area contributed by atoms with Gasteiger partial charge < -0.3 is 24.8 Å². The number of ether oxygens (including phenoxy) is 2. The van der Waals surface area contributed by atoms with Crippen LogP contribution in [0.5, 0.6) is 17.2 Å². The van der Waals surface area contributed by atoms with Crippen LogP contribution >= 0.6 is 0 Å². The van der Waals surface area contributed by atoms with Crippen molar-refractivity contribution in [2.24, 2.45) is 11.3 Å². The molecule has 1 heterocycles. The van der Waals surface area contributed by atoms with Crippen LogP contribution in [0.3, 0.4) is 0 Å². The first-order valence-electron chi connectivity index (χ1n) is 9.68. The third kappa shape index (κ3) is 2.17. The molecule has 148 valence electrons. The van der Waals surface area contributed by atoms with Gasteiger partial charge in [-0.1, -0.05) is 27.2 Å². The van der Waals surface area contributed by atoms with Crippen molar-refractivity contribution >= 4 is 5.78 Å². The summed E-state index contributed by atoms with van der Waals surface area (Å²) in [7, 11) is 1.46. The van der Waals surface area contributed by atoms with Crippen LogP contribution in [0.2, 0.25) is 0 Å². The number of phenolic OH excluding ortho intramolecular Hbond substituents is 2. The van der Waals surface area contributed by atoms with E-state index in [2.05, 4.69) is 0 Å². The third-order valence-electron chi connectivity index (χ3n) is 7.25. The molecule has 0 radical (unpaired) electrons. The lowest BCUT2D eigenvalue weighted by atomic mass is 9.47. The van der Waals surface area contributed by atoms with Gasteiger partial charge in [0.05, 0.1) is 19.3 Å². The van der Waals surface area contributed by atoms with E-state index in [1.807, 2.05) is 20.8 Å². The highest BCUT2D eigenvalue weighted by atomic mass is 16.6. The number of aromatic hydroxyl groups is 2. The van der Waals surface area contributed by atoms with Gasteiger partial charge >= 0.3 is 0 Å². The number of aliphatic hydroxyl groups is 1. The summed E-state index contributed by atoms with van der Waals surface area (Å²) in [6, 6.07) is 0. The predicted molar refractivity (Wildman–Crippen MR) is 98.4 cm³/mol. The second-order valence-corrected chi connectivity index (χ2v) is 8.91. The van der Waals surface area contributed by atoms with E-state index >= 15 is 0 Å². The highest BCUT2D eigenvalue weighted by molar-refractivity contribution is 6.04. The zero-order valence-electron chi connectivity index (χ0n) is 16.3. The Morgan fingerprint density at radius 1 is 1.22 bits per heavy atom. The average molecular weight is 376 g/mol. The SMILES string of the molecule is COc1c(O)c2c(c(O)c1C(C)C)C(=O)CC1C23CCCC1(C)C(O)OC3. The van der Waals surface area contributed by atoms with E-state index < -0.39 is 17.1 Å². The first kappa shape index (κ1) is 18.6. The Morgan fingerprint density at radius 3 is 2.56 bits per heavy atom. The van der Waals surface area contributed by atoms with Crippen molar-refractivity contribution in [1.82, 2.24) is 0 Å². The second-order valence-electron chi connectivity index (χ2n) is 8.91. The number of hydrogen-bond acceptors (Lipinski definition) is 6. The minimum absolute atomic E-state index is 0.0729. The van der Waals surface area contributed by atoms with E-state index in [9.17, 15) is 20.1 Å². The Bertz CT molecular complexity index is 816. The fourth-order valence-electron chi connectivity index (χ4n) is 5.96. The quantitative estimate of drug-likeness (QED) is 0.686. The van der Waals surface area contributed by atoms with Crippen LogP contribution in [0.4, 0.5) is 0 Å². The highest BCUT2D eigenvalue weighted by Gasteiger charge is 2.63. The number of methoxy groups -OCH3 is 1. The molecule has 0 spiro atoms. The molecule has 1 aromatic carbocycles. The van der Waals surface area contributed by atoms with Crippen molar-refractivity contribution < 1.29 is 29.6 Å². The maximum atomic E-state index is 13.1. The van der Waals surface area contributed by atoms with Crippen LogP contribution in [0, 0.1) is 11.3 Å². The maximum Gasteiger partial charge on any atom is 0.167 e. The summed E-state index contributed by atoms with van der Waals surface area (Å²) in [4.78, 5) is 13.1. The zero-order chi connectivity index (χ0) is 19.7. The standard InChI is InChI=1S/C21H28O6/c1-10(2)13-16(23)14-11(22)8-12-20(3)6-5-7-21(12,9-27-19(20)25)15(14)17(24)18(13)26-4/h10,12,19,23-25H,5-9H2,1-4H3. The van der Waals surface area contributed by atoms with Gasteiger partial charge in [-0.05, 0) is 24.7 Å². The summed E-state index contributed by atoms with van der Waals surface area (Å²) in [6.45, 7) is 5.95. The minimum Gasteiger partial charge on any atom is -0.507 e. The molecule has 1 aromatic rings. The normalized spacial score (nSPS) is 35.0. The molecule has 0 aromatic heterocycles. The Morgan fingerprint density at radius 2 is 1.93 bits per heavy atom. The van der Waals surface area contributed by atoms with E-state index in [0.29, 0.717) is 11.1 Å². The molecular formula is C21H28O6. The summed E-state index contributed by atoms with van der Waals surface area (Å²) in [5.74, 6) is -0.405. The van der Waals surface area contributed by atoms with E-state index in [-0.39, 0.29) is 53.5 Å². The van der Waals surface area contributed by atoms with E-state index in [1.165, 1.54) is 7.11 Å². The summed E-state index contributed by atoms with van der Waals surface area (Å²) in [6.07, 6.45) is 1.66. The number of rotatable bonds is 2. The molecule has 1 saturated heterocycles. The number of hydrogen-bond donors (Lipinski definition) is 3. The minimum atomic E-state index is -0.933. The van der Waals surface area contributed by atoms with Gasteiger partial charge in [-0.2, -0.15) is 0 Å². The topological polar surface area (TPSA) is 96.2 Å². The summed E-state index contributed by atoms with van der Waals surface area (Å²) >= 11 is 0. The predicted octanol–water partition coefficient (Wildman–Crippen LogP) is 3.21. The lowest BCUT2D eigenvalue weighted by Gasteiger charge is -2.60. The molecule has 1 saturated carbocycles. The van der Waals surface area contributed by atoms with Crippen LogP contribution in [-0.2, 0) is 10.2 Å². The van der Waals surface area contributed by atoms with Gasteiger partial charge in [-0.15, -0.1) is 0 Å². The molecule has 2 fully saturated rings. The Kier molecular flexibility index (Phi) is 4.02. The van der Waals surface area contributed by atoms with Gasteiger partial charge in [-0.25, -0.2) is 0 Å². The number of benzene rings is 1. The van der Waals surface area contributed by atoms with Gasteiger partial charge in [0.1, 0.15) is 5.75 Å². The van der Waals surface area contributed by atoms with Gasteiger partial charge in [0.25, 0.3) is 0 Å². The number of phenols is 2. The lowest BCUT2D eigenvalue weighted by molar-refractivity contribution is -0.263. The van der Waals surface area contributed by atoms with Crippen molar-refractivity contribution in [3.63, 3.8) is 0 Å². The van der Waals surface area contributed by atoms with E-state index in [1.54, 1.807) is 0 Å². The molecule has 0 amide bonds. The zero-order valence-corrected chi connectivity index (χ0v) is 16.3. The fraction of sp³-hybridized carbons (Fsp3) is 0.667. The van der Waals surface area contributed by atoms with Crippen LogP contribution in [-0.4, -0.2) is 41.1 Å². The molecule has 6 heteroatoms. The number of carbonyl (C=O) groups is 1. The summed E-state index contributed by atoms with van der Waals surface area (Å²) < 4.78 is 11.2. The maximum absolute atomic E-state index is 13.1. The monoisotopic (exact) mass is 376 g/mol. The fourth-order valence-corrected chi connectivity index (χ4v) is 5.96. The first-order valence-corrected chi connectivity index (χ1v) is 9.68. The molecule has 2 bridgehead atoms. The largest absolute Gasteiger partial charge is 0.507 e. The van der Waals surface area contributed by atoms with Crippen molar-refractivity contribution in [2.75, 3.05) is 13.7 Å². The van der Waals surface area contributed by atoms with E-state index in [0.717, 1.165) is 19.3 Å². The van der Waals surface area contributed by atoms with Crippen LogP contribution < -0.4 is 4.74 Å². The van der Waals surface area contributed by atoms with Crippen molar-refractivity contribution in [3.05, 3.63) is 16.7 Å². The molecule has 3 aliphatic rings. The van der Waals surface area contributed by atoms with Crippen molar-refractivity contribution in [2.45, 2.75) is 64.1 Å². The number of fused-ring (bicyclic) bond motifs is 1. The molecule has 27 heavy (non-hydrogen) atoms. The second kappa shape index (κ2) is 5.85. The number of Topliss-reactive ketones (excluding diaryl/α,β-unsaturated/α-hetero) is 1. The van der Waals surface area contributed by atoms with E-state index in [4.69, 9.17) is 9.47 Å². The van der Waals surface area contributed by atoms with Crippen LogP contribution in [0.25, 0.3) is 0 Å². The highest BCUT2D eigenvalue weighted by Crippen LogP contribution is 2.65. The van der Waals surface area contributed by atoms with Crippen LogP contribution in [0.1, 0.15) is 73.9 Å². The Hall–Kier alpha value is -1.79. The summed E-state index contributed by atoms with van der Waals surface area (Å²) in [5, 5.41) is 32.7. The number of carbonyl (C=O) groups excluding carboxylic acids is 1. The number of aliphatic hydroxyl groups excluding tert-OH is 1. The molecule has 3 N–H and O–H groups in total. The Labute approximate surface area is 159 Å². The average Bonchev–Trinajstić information content (AvgIpc) is 2.61. The van der Waals surface area contributed by atoms with Crippen molar-refractivity contribution in [1.29, 1.82) is 0 Å². The molecule has 4 atom stereocenters. The van der Waals surface area contributed by atoms with Gasteiger partial charge in [0.15, 0.2) is 23.6 Å².